The van der Waals surface area contributed by atoms with E-state index in [1.807, 2.05) is 48.7 Å². The van der Waals surface area contributed by atoms with Gasteiger partial charge in [-0.15, -0.1) is 0 Å². The van der Waals surface area contributed by atoms with Crippen molar-refractivity contribution in [2.75, 3.05) is 39.9 Å². The summed E-state index contributed by atoms with van der Waals surface area (Å²) in [4.78, 5) is 35.5. The van der Waals surface area contributed by atoms with Crippen molar-refractivity contribution in [2.24, 2.45) is 0 Å². The first-order valence-corrected chi connectivity index (χ1v) is 14.5. The lowest BCUT2D eigenvalue weighted by Crippen LogP contribution is -2.38. The highest BCUT2D eigenvalue weighted by molar-refractivity contribution is 6.46. The van der Waals surface area contributed by atoms with Gasteiger partial charge >= 0.3 is 0 Å². The molecule has 220 valence electrons. The number of carbonyl (C=O) groups excluding carboxylic acids is 2. The predicted molar refractivity (Wildman–Crippen MR) is 159 cm³/mol. The number of aliphatic hydroxyl groups is 1. The zero-order valence-corrected chi connectivity index (χ0v) is 25.1. The van der Waals surface area contributed by atoms with E-state index in [0.29, 0.717) is 48.1 Å². The largest absolute Gasteiger partial charge is 0.505 e. The highest BCUT2D eigenvalue weighted by Gasteiger charge is 2.46. The van der Waals surface area contributed by atoms with Gasteiger partial charge in [-0.3, -0.25) is 9.59 Å². The Morgan fingerprint density at radius 1 is 1.07 bits per heavy atom. The lowest BCUT2D eigenvalue weighted by Gasteiger charge is -2.28. The number of carbonyl (C=O) groups is 2. The van der Waals surface area contributed by atoms with Crippen LogP contribution < -0.4 is 9.47 Å². The molecule has 1 N–H and O–H groups in total. The van der Waals surface area contributed by atoms with Crippen molar-refractivity contribution < 1.29 is 24.2 Å². The third kappa shape index (κ3) is 5.95. The van der Waals surface area contributed by atoms with Gasteiger partial charge in [-0.2, -0.15) is 0 Å². The van der Waals surface area contributed by atoms with Gasteiger partial charge in [0.1, 0.15) is 11.3 Å². The third-order valence-corrected chi connectivity index (χ3v) is 7.91. The van der Waals surface area contributed by atoms with Crippen LogP contribution >= 0.6 is 0 Å². The van der Waals surface area contributed by atoms with Crippen LogP contribution in [0.2, 0.25) is 0 Å². The summed E-state index contributed by atoms with van der Waals surface area (Å²) in [5.41, 5.74) is 3.27. The molecule has 9 nitrogen and oxygen atoms in total. The molecule has 1 aromatic carbocycles. The summed E-state index contributed by atoms with van der Waals surface area (Å²) in [7, 11) is 1.57. The molecule has 2 aromatic heterocycles. The molecule has 3 heterocycles. The Kier molecular flexibility index (Phi) is 9.70. The number of likely N-dealkylation sites (N-methyl/N-ethyl adjacent to an activating group) is 1. The standard InChI is InChI=1S/C32H42N4O5/c1-7-10-11-19-41-24-15-14-23(20-25(24)40-6)28-26(30(38)32(39)36(28)18-17-34(8-2)9-3)29(37)27-22(5)35-16-12-13-21(4)31(35)33-27/h12-16,20,28,37H,7-11,17-19H2,1-6H3/b29-26+. The number of unbranched alkanes of at least 4 members (excludes halogenated alkanes) is 2. The van der Waals surface area contributed by atoms with Crippen molar-refractivity contribution in [3.05, 3.63) is 64.6 Å². The van der Waals surface area contributed by atoms with Crippen LogP contribution in [0.4, 0.5) is 0 Å². The van der Waals surface area contributed by atoms with Crippen molar-refractivity contribution >= 4 is 23.1 Å². The van der Waals surface area contributed by atoms with Gasteiger partial charge < -0.3 is 28.8 Å². The quantitative estimate of drug-likeness (QED) is 0.131. The van der Waals surface area contributed by atoms with Crippen LogP contribution in [0.1, 0.15) is 68.6 Å². The van der Waals surface area contributed by atoms with E-state index in [2.05, 4.69) is 30.7 Å². The molecule has 0 bridgehead atoms. The molecule has 0 saturated carbocycles. The number of ether oxygens (including phenoxy) is 2. The summed E-state index contributed by atoms with van der Waals surface area (Å²) < 4.78 is 13.5. The molecule has 0 spiro atoms. The summed E-state index contributed by atoms with van der Waals surface area (Å²) in [6, 6.07) is 8.49. The second kappa shape index (κ2) is 13.2. The molecule has 3 aromatic rings. The minimum Gasteiger partial charge on any atom is -0.505 e. The fraction of sp³-hybridized carbons (Fsp3) is 0.469. The Bertz CT molecular complexity index is 1440. The molecule has 1 aliphatic heterocycles. The van der Waals surface area contributed by atoms with Crippen molar-refractivity contribution in [2.45, 2.75) is 59.9 Å². The molecular weight excluding hydrogens is 520 g/mol. The Balaban J connectivity index is 1.83. The predicted octanol–water partition coefficient (Wildman–Crippen LogP) is 5.29. The fourth-order valence-electron chi connectivity index (χ4n) is 5.43. The lowest BCUT2D eigenvalue weighted by atomic mass is 9.96. The van der Waals surface area contributed by atoms with Crippen molar-refractivity contribution in [1.82, 2.24) is 19.2 Å². The van der Waals surface area contributed by atoms with Crippen molar-refractivity contribution in [3.63, 3.8) is 0 Å². The van der Waals surface area contributed by atoms with Gasteiger partial charge in [0.25, 0.3) is 11.7 Å². The number of benzene rings is 1. The van der Waals surface area contributed by atoms with E-state index in [1.165, 1.54) is 0 Å². The fourth-order valence-corrected chi connectivity index (χ4v) is 5.43. The first kappa shape index (κ1) is 30.1. The molecule has 1 fully saturated rings. The first-order valence-electron chi connectivity index (χ1n) is 14.5. The van der Waals surface area contributed by atoms with E-state index in [0.717, 1.165) is 37.9 Å². The number of imidazole rings is 1. The number of methoxy groups -OCH3 is 1. The lowest BCUT2D eigenvalue weighted by molar-refractivity contribution is -0.140. The molecule has 41 heavy (non-hydrogen) atoms. The number of ketones is 1. The summed E-state index contributed by atoms with van der Waals surface area (Å²) in [5.74, 6) is -0.538. The van der Waals surface area contributed by atoms with E-state index in [-0.39, 0.29) is 17.0 Å². The number of aryl methyl sites for hydroxylation is 2. The minimum absolute atomic E-state index is 0.0253. The van der Waals surface area contributed by atoms with Gasteiger partial charge in [0.15, 0.2) is 17.3 Å². The average Bonchev–Trinajstić information content (AvgIpc) is 3.45. The van der Waals surface area contributed by atoms with E-state index >= 15 is 0 Å². The molecule has 1 aliphatic rings. The van der Waals surface area contributed by atoms with Gasteiger partial charge in [-0.05, 0) is 62.7 Å². The van der Waals surface area contributed by atoms with E-state index in [1.54, 1.807) is 18.1 Å². The number of nitrogens with zero attached hydrogens (tertiary/aromatic N) is 4. The Morgan fingerprint density at radius 3 is 2.49 bits per heavy atom. The third-order valence-electron chi connectivity index (χ3n) is 7.91. The van der Waals surface area contributed by atoms with Gasteiger partial charge in [-0.25, -0.2) is 4.98 Å². The van der Waals surface area contributed by atoms with E-state index in [9.17, 15) is 14.7 Å². The second-order valence-corrected chi connectivity index (χ2v) is 10.4. The number of hydrogen-bond donors (Lipinski definition) is 1. The Hall–Kier alpha value is -3.85. The molecule has 4 rings (SSSR count). The summed E-state index contributed by atoms with van der Waals surface area (Å²) in [5, 5.41) is 11.7. The zero-order chi connectivity index (χ0) is 29.7. The van der Waals surface area contributed by atoms with Crippen LogP contribution in [0.3, 0.4) is 0 Å². The van der Waals surface area contributed by atoms with Crippen molar-refractivity contribution in [1.29, 1.82) is 0 Å². The van der Waals surface area contributed by atoms with Crippen LogP contribution in [-0.4, -0.2) is 75.9 Å². The normalized spacial score (nSPS) is 16.8. The van der Waals surface area contributed by atoms with Crippen LogP contribution in [0.25, 0.3) is 11.4 Å². The van der Waals surface area contributed by atoms with E-state index < -0.39 is 17.7 Å². The number of Topliss-reactive ketones (excluding diaryl/α,β-unsaturated/α-hetero) is 1. The number of likely N-dealkylation sites (tertiary alicyclic amines) is 1. The molecule has 1 saturated heterocycles. The van der Waals surface area contributed by atoms with Gasteiger partial charge in [0.2, 0.25) is 0 Å². The monoisotopic (exact) mass is 562 g/mol. The summed E-state index contributed by atoms with van der Waals surface area (Å²) >= 11 is 0. The Morgan fingerprint density at radius 2 is 1.83 bits per heavy atom. The molecule has 1 amide bonds. The number of aliphatic hydroxyl groups excluding tert-OH is 1. The highest BCUT2D eigenvalue weighted by Crippen LogP contribution is 2.42. The topological polar surface area (TPSA) is 96.6 Å². The van der Waals surface area contributed by atoms with Crippen molar-refractivity contribution in [3.8, 4) is 11.5 Å². The molecule has 1 atom stereocenters. The summed E-state index contributed by atoms with van der Waals surface area (Å²) in [6.07, 6.45) is 4.97. The maximum Gasteiger partial charge on any atom is 0.295 e. The number of hydrogen-bond acceptors (Lipinski definition) is 7. The average molecular weight is 563 g/mol. The number of amides is 1. The molecule has 9 heteroatoms. The highest BCUT2D eigenvalue weighted by atomic mass is 16.5. The minimum atomic E-state index is -0.807. The maximum absolute atomic E-state index is 13.6. The van der Waals surface area contributed by atoms with Crippen LogP contribution in [0.5, 0.6) is 11.5 Å². The van der Waals surface area contributed by atoms with Gasteiger partial charge in [0.05, 0.1) is 31.0 Å². The van der Waals surface area contributed by atoms with Crippen LogP contribution in [0.15, 0.2) is 42.1 Å². The van der Waals surface area contributed by atoms with Crippen LogP contribution in [0, 0.1) is 13.8 Å². The first-order chi connectivity index (χ1) is 19.8. The summed E-state index contributed by atoms with van der Waals surface area (Å²) in [6.45, 7) is 13.2. The Labute approximate surface area is 242 Å². The number of aromatic nitrogens is 2. The van der Waals surface area contributed by atoms with Gasteiger partial charge in [0, 0.05) is 19.3 Å². The number of pyridine rings is 1. The zero-order valence-electron chi connectivity index (χ0n) is 25.1. The maximum atomic E-state index is 13.6. The molecule has 1 unspecified atom stereocenters. The SMILES string of the molecule is CCCCCOc1ccc(C2/C(=C(\O)c3nc4c(C)cccn4c3C)C(=O)C(=O)N2CCN(CC)CC)cc1OC. The molecular formula is C32H42N4O5. The number of rotatable bonds is 13. The van der Waals surface area contributed by atoms with Gasteiger partial charge in [-0.1, -0.05) is 45.7 Å². The van der Waals surface area contributed by atoms with E-state index in [4.69, 9.17) is 9.47 Å². The second-order valence-electron chi connectivity index (χ2n) is 10.4. The van der Waals surface area contributed by atoms with Crippen LogP contribution in [-0.2, 0) is 9.59 Å². The smallest absolute Gasteiger partial charge is 0.295 e. The molecule has 0 aliphatic carbocycles. The molecule has 0 radical (unpaired) electrons. The number of fused-ring (bicyclic) bond motifs is 1.